The summed E-state index contributed by atoms with van der Waals surface area (Å²) in [6.07, 6.45) is 3.72. The topological polar surface area (TPSA) is 69.8 Å². The molecule has 1 atom stereocenters. The third kappa shape index (κ3) is 1.89. The minimum Gasteiger partial charge on any atom is -0.323 e. The third-order valence-corrected chi connectivity index (χ3v) is 3.11. The van der Waals surface area contributed by atoms with E-state index in [2.05, 4.69) is 20.8 Å². The normalized spacial score (nSPS) is 19.6. The fourth-order valence-corrected chi connectivity index (χ4v) is 2.20. The van der Waals surface area contributed by atoms with E-state index in [1.165, 1.54) is 0 Å². The smallest absolute Gasteiger partial charge is 0.241 e. The number of aromatic nitrogens is 2. The van der Waals surface area contributed by atoms with Crippen molar-refractivity contribution in [1.82, 2.24) is 15.5 Å². The highest BCUT2D eigenvalue weighted by atomic mass is 16.2. The Morgan fingerprint density at radius 3 is 3.24 bits per heavy atom. The highest BCUT2D eigenvalue weighted by Crippen LogP contribution is 2.21. The van der Waals surface area contributed by atoms with Gasteiger partial charge < -0.3 is 10.6 Å². The number of nitrogens with one attached hydrogen (secondary N) is 3. The maximum absolute atomic E-state index is 12.0. The lowest BCUT2D eigenvalue weighted by molar-refractivity contribution is -0.117. The summed E-state index contributed by atoms with van der Waals surface area (Å²) in [4.78, 5) is 12.0. The molecule has 1 aromatic carbocycles. The molecule has 1 amide bonds. The standard InChI is InChI=1S/C12H14N4O/c17-12(10-5-2-6-13-10)15-9-4-1-3-8-7-14-16-11(8)9/h1,3-4,7,10,13H,2,5-6H2,(H,14,16)(H,15,17). The van der Waals surface area contributed by atoms with Gasteiger partial charge in [-0.3, -0.25) is 9.89 Å². The van der Waals surface area contributed by atoms with E-state index in [1.807, 2.05) is 18.2 Å². The number of hydrogen-bond donors (Lipinski definition) is 3. The number of para-hydroxylation sites is 1. The Kier molecular flexibility index (Phi) is 2.53. The molecule has 3 N–H and O–H groups in total. The minimum absolute atomic E-state index is 0.0320. The quantitative estimate of drug-likeness (QED) is 0.727. The van der Waals surface area contributed by atoms with Crippen molar-refractivity contribution >= 4 is 22.5 Å². The van der Waals surface area contributed by atoms with Gasteiger partial charge in [0.1, 0.15) is 0 Å². The number of H-pyrrole nitrogens is 1. The highest BCUT2D eigenvalue weighted by molar-refractivity contribution is 6.02. The van der Waals surface area contributed by atoms with Gasteiger partial charge in [-0.1, -0.05) is 12.1 Å². The molecular weight excluding hydrogens is 216 g/mol. The number of carbonyl (C=O) groups is 1. The number of anilines is 1. The molecule has 1 saturated heterocycles. The van der Waals surface area contributed by atoms with Gasteiger partial charge in [-0.2, -0.15) is 5.10 Å². The first-order valence-corrected chi connectivity index (χ1v) is 5.81. The molecule has 1 aromatic heterocycles. The molecule has 2 heterocycles. The van der Waals surface area contributed by atoms with Crippen LogP contribution in [0.15, 0.2) is 24.4 Å². The van der Waals surface area contributed by atoms with Gasteiger partial charge in [-0.25, -0.2) is 0 Å². The second kappa shape index (κ2) is 4.18. The van der Waals surface area contributed by atoms with E-state index in [-0.39, 0.29) is 11.9 Å². The summed E-state index contributed by atoms with van der Waals surface area (Å²) in [6.45, 7) is 0.923. The lowest BCUT2D eigenvalue weighted by Crippen LogP contribution is -2.35. The summed E-state index contributed by atoms with van der Waals surface area (Å²) in [7, 11) is 0. The molecule has 3 rings (SSSR count). The van der Waals surface area contributed by atoms with Crippen molar-refractivity contribution in [2.24, 2.45) is 0 Å². The molecule has 5 heteroatoms. The minimum atomic E-state index is -0.0619. The van der Waals surface area contributed by atoms with Gasteiger partial charge in [0.05, 0.1) is 23.4 Å². The van der Waals surface area contributed by atoms with Crippen LogP contribution in [0.4, 0.5) is 5.69 Å². The van der Waals surface area contributed by atoms with Gasteiger partial charge in [0.15, 0.2) is 0 Å². The van der Waals surface area contributed by atoms with E-state index in [4.69, 9.17) is 0 Å². The Balaban J connectivity index is 1.84. The van der Waals surface area contributed by atoms with Crippen molar-refractivity contribution in [2.75, 3.05) is 11.9 Å². The zero-order chi connectivity index (χ0) is 11.7. The van der Waals surface area contributed by atoms with E-state index in [9.17, 15) is 4.79 Å². The van der Waals surface area contributed by atoms with E-state index < -0.39 is 0 Å². The monoisotopic (exact) mass is 230 g/mol. The highest BCUT2D eigenvalue weighted by Gasteiger charge is 2.22. The van der Waals surface area contributed by atoms with Crippen molar-refractivity contribution in [3.63, 3.8) is 0 Å². The van der Waals surface area contributed by atoms with Crippen LogP contribution in [0.3, 0.4) is 0 Å². The van der Waals surface area contributed by atoms with Crippen molar-refractivity contribution in [2.45, 2.75) is 18.9 Å². The molecule has 0 aliphatic carbocycles. The number of rotatable bonds is 2. The predicted octanol–water partition coefficient (Wildman–Crippen LogP) is 1.25. The third-order valence-electron chi connectivity index (χ3n) is 3.11. The Labute approximate surface area is 98.6 Å². The summed E-state index contributed by atoms with van der Waals surface area (Å²) in [5, 5.41) is 14.0. The zero-order valence-corrected chi connectivity index (χ0v) is 9.36. The first-order valence-electron chi connectivity index (χ1n) is 5.81. The summed E-state index contributed by atoms with van der Waals surface area (Å²) < 4.78 is 0. The molecule has 5 nitrogen and oxygen atoms in total. The van der Waals surface area contributed by atoms with Gasteiger partial charge in [-0.05, 0) is 25.5 Å². The molecule has 0 spiro atoms. The molecule has 0 saturated carbocycles. The lowest BCUT2D eigenvalue weighted by atomic mass is 10.2. The Morgan fingerprint density at radius 1 is 1.47 bits per heavy atom. The molecule has 1 aliphatic heterocycles. The number of hydrogen-bond acceptors (Lipinski definition) is 3. The van der Waals surface area contributed by atoms with Crippen LogP contribution in [0.5, 0.6) is 0 Å². The van der Waals surface area contributed by atoms with Gasteiger partial charge in [0, 0.05) is 5.39 Å². The molecule has 1 unspecified atom stereocenters. The van der Waals surface area contributed by atoms with Crippen LogP contribution in [0.2, 0.25) is 0 Å². The van der Waals surface area contributed by atoms with E-state index in [0.29, 0.717) is 0 Å². The molecule has 2 aromatic rings. The van der Waals surface area contributed by atoms with Crippen LogP contribution < -0.4 is 10.6 Å². The van der Waals surface area contributed by atoms with Gasteiger partial charge in [-0.15, -0.1) is 0 Å². The SMILES string of the molecule is O=C(Nc1cccc2cn[nH]c12)C1CCCN1. The predicted molar refractivity (Wildman–Crippen MR) is 65.7 cm³/mol. The van der Waals surface area contributed by atoms with Crippen molar-refractivity contribution < 1.29 is 4.79 Å². The number of carbonyl (C=O) groups excluding carboxylic acids is 1. The lowest BCUT2D eigenvalue weighted by Gasteiger charge is -2.11. The van der Waals surface area contributed by atoms with Gasteiger partial charge in [0.25, 0.3) is 0 Å². The number of fused-ring (bicyclic) bond motifs is 1. The molecule has 1 aliphatic rings. The molecule has 0 bridgehead atoms. The summed E-state index contributed by atoms with van der Waals surface area (Å²) in [6, 6.07) is 5.69. The number of aromatic amines is 1. The summed E-state index contributed by atoms with van der Waals surface area (Å²) >= 11 is 0. The summed E-state index contributed by atoms with van der Waals surface area (Å²) in [5.74, 6) is 0.0320. The number of benzene rings is 1. The van der Waals surface area contributed by atoms with Gasteiger partial charge >= 0.3 is 0 Å². The van der Waals surface area contributed by atoms with Crippen LogP contribution >= 0.6 is 0 Å². The first-order chi connectivity index (χ1) is 8.34. The summed E-state index contributed by atoms with van der Waals surface area (Å²) in [5.41, 5.74) is 1.66. The van der Waals surface area contributed by atoms with E-state index in [0.717, 1.165) is 36.0 Å². The first kappa shape index (κ1) is 10.3. The molecular formula is C12H14N4O. The molecule has 1 fully saturated rings. The van der Waals surface area contributed by atoms with E-state index >= 15 is 0 Å². The Bertz CT molecular complexity index is 542. The van der Waals surface area contributed by atoms with Crippen molar-refractivity contribution in [1.29, 1.82) is 0 Å². The average Bonchev–Trinajstić information content (AvgIpc) is 3.00. The zero-order valence-electron chi connectivity index (χ0n) is 9.36. The molecule has 17 heavy (non-hydrogen) atoms. The fraction of sp³-hybridized carbons (Fsp3) is 0.333. The fourth-order valence-electron chi connectivity index (χ4n) is 2.20. The Morgan fingerprint density at radius 2 is 2.41 bits per heavy atom. The van der Waals surface area contributed by atoms with Crippen LogP contribution in [0, 0.1) is 0 Å². The molecule has 0 radical (unpaired) electrons. The van der Waals surface area contributed by atoms with E-state index in [1.54, 1.807) is 6.20 Å². The van der Waals surface area contributed by atoms with Crippen molar-refractivity contribution in [3.05, 3.63) is 24.4 Å². The van der Waals surface area contributed by atoms with Crippen LogP contribution in [0.1, 0.15) is 12.8 Å². The second-order valence-electron chi connectivity index (χ2n) is 4.28. The molecule has 88 valence electrons. The second-order valence-corrected chi connectivity index (χ2v) is 4.28. The van der Waals surface area contributed by atoms with Crippen LogP contribution in [-0.4, -0.2) is 28.7 Å². The average molecular weight is 230 g/mol. The Hall–Kier alpha value is -1.88. The van der Waals surface area contributed by atoms with Gasteiger partial charge in [0.2, 0.25) is 5.91 Å². The van der Waals surface area contributed by atoms with Crippen LogP contribution in [0.25, 0.3) is 10.9 Å². The number of amides is 1. The van der Waals surface area contributed by atoms with Crippen molar-refractivity contribution in [3.8, 4) is 0 Å². The maximum Gasteiger partial charge on any atom is 0.241 e. The largest absolute Gasteiger partial charge is 0.323 e. The maximum atomic E-state index is 12.0. The number of nitrogens with zero attached hydrogens (tertiary/aromatic N) is 1. The van der Waals surface area contributed by atoms with Crippen LogP contribution in [-0.2, 0) is 4.79 Å².